The fourth-order valence-electron chi connectivity index (χ4n) is 1.67. The Bertz CT molecular complexity index is 290. The first-order chi connectivity index (χ1) is 6.77. The Labute approximate surface area is 84.9 Å². The van der Waals surface area contributed by atoms with Gasteiger partial charge in [-0.25, -0.2) is 4.98 Å². The summed E-state index contributed by atoms with van der Waals surface area (Å²) < 4.78 is 2.20. The fourth-order valence-corrected chi connectivity index (χ4v) is 1.67. The molecule has 0 aromatic carbocycles. The molecule has 2 rings (SSSR count). The minimum absolute atomic E-state index is 0.735. The van der Waals surface area contributed by atoms with Gasteiger partial charge in [-0.05, 0) is 14.0 Å². The third kappa shape index (κ3) is 1.96. The van der Waals surface area contributed by atoms with E-state index in [4.69, 9.17) is 0 Å². The van der Waals surface area contributed by atoms with Crippen molar-refractivity contribution < 1.29 is 0 Å². The van der Waals surface area contributed by atoms with Crippen LogP contribution in [-0.2, 0) is 6.54 Å². The van der Waals surface area contributed by atoms with E-state index in [2.05, 4.69) is 26.8 Å². The minimum Gasteiger partial charge on any atom is -0.334 e. The second-order valence-electron chi connectivity index (χ2n) is 3.96. The van der Waals surface area contributed by atoms with E-state index in [0.29, 0.717) is 0 Å². The van der Waals surface area contributed by atoms with Crippen LogP contribution in [0.15, 0.2) is 12.4 Å². The zero-order chi connectivity index (χ0) is 9.97. The number of aromatic nitrogens is 2. The normalized spacial score (nSPS) is 17.4. The zero-order valence-corrected chi connectivity index (χ0v) is 8.90. The Hall–Kier alpha value is -0.870. The SMILES string of the molecule is Cc1nccn1CCN(C)C1CNC1. The standard InChI is InChI=1S/C10H18N4/c1-9-12-3-4-14(9)6-5-13(2)10-7-11-8-10/h3-4,10-11H,5-8H2,1-2H3. The van der Waals surface area contributed by atoms with Crippen LogP contribution < -0.4 is 5.32 Å². The lowest BCUT2D eigenvalue weighted by atomic mass is 10.1. The average molecular weight is 194 g/mol. The molecule has 4 nitrogen and oxygen atoms in total. The van der Waals surface area contributed by atoms with E-state index in [0.717, 1.165) is 38.0 Å². The number of imidazole rings is 1. The van der Waals surface area contributed by atoms with Gasteiger partial charge < -0.3 is 9.88 Å². The maximum Gasteiger partial charge on any atom is 0.105 e. The van der Waals surface area contributed by atoms with Gasteiger partial charge >= 0.3 is 0 Å². The van der Waals surface area contributed by atoms with Crippen LogP contribution in [0.1, 0.15) is 5.82 Å². The van der Waals surface area contributed by atoms with Gasteiger partial charge in [-0.15, -0.1) is 0 Å². The quantitative estimate of drug-likeness (QED) is 0.737. The van der Waals surface area contributed by atoms with Crippen LogP contribution >= 0.6 is 0 Å². The van der Waals surface area contributed by atoms with Gasteiger partial charge in [0.15, 0.2) is 0 Å². The Balaban J connectivity index is 1.79. The molecule has 2 heterocycles. The summed E-state index contributed by atoms with van der Waals surface area (Å²) in [5.41, 5.74) is 0. The molecule has 0 unspecified atom stereocenters. The summed E-state index contributed by atoms with van der Waals surface area (Å²) in [5, 5.41) is 3.29. The lowest BCUT2D eigenvalue weighted by Crippen LogP contribution is -2.56. The molecule has 0 spiro atoms. The predicted molar refractivity (Wildman–Crippen MR) is 56.3 cm³/mol. The van der Waals surface area contributed by atoms with Crippen LogP contribution in [-0.4, -0.2) is 47.2 Å². The molecule has 78 valence electrons. The van der Waals surface area contributed by atoms with E-state index >= 15 is 0 Å². The second kappa shape index (κ2) is 4.11. The number of hydrogen-bond acceptors (Lipinski definition) is 3. The van der Waals surface area contributed by atoms with Crippen LogP contribution in [0.3, 0.4) is 0 Å². The smallest absolute Gasteiger partial charge is 0.105 e. The summed E-state index contributed by atoms with van der Waals surface area (Å²) in [6.45, 7) is 6.46. The van der Waals surface area contributed by atoms with Crippen molar-refractivity contribution in [3.05, 3.63) is 18.2 Å². The molecule has 1 aromatic rings. The number of rotatable bonds is 4. The molecule has 1 N–H and O–H groups in total. The van der Waals surface area contributed by atoms with Crippen molar-refractivity contribution in [2.45, 2.75) is 19.5 Å². The average Bonchev–Trinajstić information content (AvgIpc) is 2.44. The van der Waals surface area contributed by atoms with Gasteiger partial charge in [0.2, 0.25) is 0 Å². The predicted octanol–water partition coefficient (Wildman–Crippen LogP) is 0.0951. The molecule has 1 aliphatic rings. The van der Waals surface area contributed by atoms with E-state index in [1.807, 2.05) is 19.3 Å². The molecule has 14 heavy (non-hydrogen) atoms. The van der Waals surface area contributed by atoms with Gasteiger partial charge in [-0.3, -0.25) is 4.90 Å². The highest BCUT2D eigenvalue weighted by atomic mass is 15.2. The summed E-state index contributed by atoms with van der Waals surface area (Å²) in [7, 11) is 2.19. The van der Waals surface area contributed by atoms with Crippen molar-refractivity contribution in [2.75, 3.05) is 26.7 Å². The minimum atomic E-state index is 0.735. The molecule has 1 aromatic heterocycles. The maximum absolute atomic E-state index is 4.21. The van der Waals surface area contributed by atoms with Crippen molar-refractivity contribution >= 4 is 0 Å². The highest BCUT2D eigenvalue weighted by Gasteiger charge is 2.20. The van der Waals surface area contributed by atoms with Crippen molar-refractivity contribution in [3.8, 4) is 0 Å². The highest BCUT2D eigenvalue weighted by molar-refractivity contribution is 4.89. The van der Waals surface area contributed by atoms with Crippen LogP contribution in [0.4, 0.5) is 0 Å². The summed E-state index contributed by atoms with van der Waals surface area (Å²) >= 11 is 0. The van der Waals surface area contributed by atoms with E-state index in [9.17, 15) is 0 Å². The molecule has 1 fully saturated rings. The van der Waals surface area contributed by atoms with Crippen molar-refractivity contribution in [1.82, 2.24) is 19.8 Å². The first-order valence-corrected chi connectivity index (χ1v) is 5.16. The molecular weight excluding hydrogens is 176 g/mol. The highest BCUT2D eigenvalue weighted by Crippen LogP contribution is 2.03. The van der Waals surface area contributed by atoms with E-state index in [-0.39, 0.29) is 0 Å². The topological polar surface area (TPSA) is 33.1 Å². The Morgan fingerprint density at radius 1 is 1.64 bits per heavy atom. The van der Waals surface area contributed by atoms with Crippen molar-refractivity contribution in [1.29, 1.82) is 0 Å². The summed E-state index contributed by atoms with van der Waals surface area (Å²) in [6.07, 6.45) is 3.91. The Morgan fingerprint density at radius 3 is 2.93 bits per heavy atom. The first kappa shape index (κ1) is 9.68. The summed E-state index contributed by atoms with van der Waals surface area (Å²) in [6, 6.07) is 0.735. The molecule has 4 heteroatoms. The number of nitrogens with zero attached hydrogens (tertiary/aromatic N) is 3. The van der Waals surface area contributed by atoms with E-state index in [1.165, 1.54) is 0 Å². The molecule has 0 amide bonds. The largest absolute Gasteiger partial charge is 0.334 e. The van der Waals surface area contributed by atoms with Gasteiger partial charge in [0.25, 0.3) is 0 Å². The van der Waals surface area contributed by atoms with Gasteiger partial charge in [-0.1, -0.05) is 0 Å². The monoisotopic (exact) mass is 194 g/mol. The molecule has 0 aliphatic carbocycles. The molecule has 0 bridgehead atoms. The Kier molecular flexibility index (Phi) is 2.84. The number of aryl methyl sites for hydroxylation is 1. The van der Waals surface area contributed by atoms with Crippen LogP contribution in [0.5, 0.6) is 0 Å². The van der Waals surface area contributed by atoms with Crippen LogP contribution in [0, 0.1) is 6.92 Å². The number of hydrogen-bond donors (Lipinski definition) is 1. The molecule has 0 radical (unpaired) electrons. The summed E-state index contributed by atoms with van der Waals surface area (Å²) in [4.78, 5) is 6.62. The van der Waals surface area contributed by atoms with Gasteiger partial charge in [0.1, 0.15) is 5.82 Å². The van der Waals surface area contributed by atoms with Crippen LogP contribution in [0.2, 0.25) is 0 Å². The van der Waals surface area contributed by atoms with Gasteiger partial charge in [0, 0.05) is 44.6 Å². The Morgan fingerprint density at radius 2 is 2.43 bits per heavy atom. The summed E-state index contributed by atoms with van der Waals surface area (Å²) in [5.74, 6) is 1.10. The molecule has 1 saturated heterocycles. The van der Waals surface area contributed by atoms with E-state index < -0.39 is 0 Å². The zero-order valence-electron chi connectivity index (χ0n) is 8.90. The van der Waals surface area contributed by atoms with Crippen LogP contribution in [0.25, 0.3) is 0 Å². The van der Waals surface area contributed by atoms with Crippen molar-refractivity contribution in [2.24, 2.45) is 0 Å². The van der Waals surface area contributed by atoms with Gasteiger partial charge in [0.05, 0.1) is 0 Å². The fraction of sp³-hybridized carbons (Fsp3) is 0.700. The lowest BCUT2D eigenvalue weighted by molar-refractivity contribution is 0.174. The first-order valence-electron chi connectivity index (χ1n) is 5.16. The molecule has 1 aliphatic heterocycles. The number of nitrogens with one attached hydrogen (secondary N) is 1. The second-order valence-corrected chi connectivity index (χ2v) is 3.96. The molecule has 0 saturated carbocycles. The lowest BCUT2D eigenvalue weighted by Gasteiger charge is -2.35. The molecule has 0 atom stereocenters. The third-order valence-electron chi connectivity index (χ3n) is 3.00. The number of likely N-dealkylation sites (N-methyl/N-ethyl adjacent to an activating group) is 1. The van der Waals surface area contributed by atoms with E-state index in [1.54, 1.807) is 0 Å². The third-order valence-corrected chi connectivity index (χ3v) is 3.00. The molecular formula is C10H18N4. The maximum atomic E-state index is 4.21. The van der Waals surface area contributed by atoms with Crippen molar-refractivity contribution in [3.63, 3.8) is 0 Å². The van der Waals surface area contributed by atoms with Gasteiger partial charge in [-0.2, -0.15) is 0 Å².